The summed E-state index contributed by atoms with van der Waals surface area (Å²) in [4.78, 5) is 12.1. The summed E-state index contributed by atoms with van der Waals surface area (Å²) in [5.41, 5.74) is 0.701. The van der Waals surface area contributed by atoms with E-state index in [0.717, 1.165) is 31.2 Å². The molecule has 1 aliphatic carbocycles. The molecule has 0 radical (unpaired) electrons. The first kappa shape index (κ1) is 15.0. The minimum Gasteiger partial charge on any atom is -0.469 e. The van der Waals surface area contributed by atoms with Crippen molar-refractivity contribution in [1.29, 1.82) is 0 Å². The minimum atomic E-state index is -0.434. The number of hydrogen-bond acceptors (Lipinski definition) is 3. The first-order chi connectivity index (χ1) is 9.66. The molecule has 0 N–H and O–H groups in total. The fourth-order valence-electron chi connectivity index (χ4n) is 2.88. The molecule has 0 atom stereocenters. The highest BCUT2D eigenvalue weighted by molar-refractivity contribution is 5.77. The van der Waals surface area contributed by atoms with Crippen LogP contribution in [0.4, 0.5) is 0 Å². The maximum absolute atomic E-state index is 12.1. The third-order valence-electron chi connectivity index (χ3n) is 4.34. The fourth-order valence-corrected chi connectivity index (χ4v) is 2.88. The van der Waals surface area contributed by atoms with Gasteiger partial charge in [-0.2, -0.15) is 0 Å². The first-order valence-corrected chi connectivity index (χ1v) is 7.36. The number of esters is 1. The minimum absolute atomic E-state index is 0.113. The monoisotopic (exact) mass is 276 g/mol. The average Bonchev–Trinajstić information content (AvgIpc) is 2.50. The highest BCUT2D eigenvalue weighted by atomic mass is 16.5. The molecule has 0 amide bonds. The number of hydrogen-bond donors (Lipinski definition) is 0. The number of carbonyl (C=O) groups is 1. The van der Waals surface area contributed by atoms with Gasteiger partial charge in [0.25, 0.3) is 0 Å². The Hall–Kier alpha value is -1.35. The van der Waals surface area contributed by atoms with Crippen molar-refractivity contribution >= 4 is 5.97 Å². The Morgan fingerprint density at radius 1 is 1.25 bits per heavy atom. The van der Waals surface area contributed by atoms with Crippen molar-refractivity contribution in [1.82, 2.24) is 0 Å². The predicted octanol–water partition coefficient (Wildman–Crippen LogP) is 3.57. The summed E-state index contributed by atoms with van der Waals surface area (Å²) in [6, 6.07) is 10.1. The number of methoxy groups -OCH3 is 1. The predicted molar refractivity (Wildman–Crippen MR) is 78.2 cm³/mol. The van der Waals surface area contributed by atoms with Gasteiger partial charge in [-0.25, -0.2) is 0 Å². The van der Waals surface area contributed by atoms with Gasteiger partial charge in [0.2, 0.25) is 0 Å². The molecule has 110 valence electrons. The van der Waals surface area contributed by atoms with Crippen LogP contribution in [-0.4, -0.2) is 19.7 Å². The number of ether oxygens (including phenoxy) is 2. The van der Waals surface area contributed by atoms with E-state index < -0.39 is 5.41 Å². The number of benzene rings is 1. The second-order valence-corrected chi connectivity index (χ2v) is 5.93. The molecule has 2 rings (SSSR count). The standard InChI is InChI=1S/C17H24O3/c1-14-8-10-17(11-9-14,16(18)19-2)13-20-12-15-6-4-3-5-7-15/h3-7,14H,8-13H2,1-2H3. The number of rotatable bonds is 5. The summed E-state index contributed by atoms with van der Waals surface area (Å²) in [5.74, 6) is 0.583. The zero-order valence-corrected chi connectivity index (χ0v) is 12.4. The quantitative estimate of drug-likeness (QED) is 0.771. The van der Waals surface area contributed by atoms with Crippen molar-refractivity contribution < 1.29 is 14.3 Å². The normalized spacial score (nSPS) is 26.2. The third-order valence-corrected chi connectivity index (χ3v) is 4.34. The van der Waals surface area contributed by atoms with Crippen LogP contribution >= 0.6 is 0 Å². The Morgan fingerprint density at radius 2 is 1.90 bits per heavy atom. The molecule has 0 aliphatic heterocycles. The second-order valence-electron chi connectivity index (χ2n) is 5.93. The molecular weight excluding hydrogens is 252 g/mol. The summed E-state index contributed by atoms with van der Waals surface area (Å²) in [7, 11) is 1.47. The van der Waals surface area contributed by atoms with Crippen molar-refractivity contribution in [3.8, 4) is 0 Å². The lowest BCUT2D eigenvalue weighted by molar-refractivity contribution is -0.160. The molecule has 3 nitrogen and oxygen atoms in total. The molecule has 0 aromatic heterocycles. The molecule has 1 aromatic rings. The highest BCUT2D eigenvalue weighted by Crippen LogP contribution is 2.40. The Balaban J connectivity index is 1.93. The lowest BCUT2D eigenvalue weighted by Gasteiger charge is -2.36. The van der Waals surface area contributed by atoms with Gasteiger partial charge in [0, 0.05) is 0 Å². The molecule has 1 saturated carbocycles. The summed E-state index contributed by atoms with van der Waals surface area (Å²) >= 11 is 0. The van der Waals surface area contributed by atoms with Gasteiger partial charge in [0.1, 0.15) is 0 Å². The van der Waals surface area contributed by atoms with Crippen LogP contribution in [0.2, 0.25) is 0 Å². The van der Waals surface area contributed by atoms with Gasteiger partial charge in [-0.1, -0.05) is 37.3 Å². The molecule has 3 heteroatoms. The van der Waals surface area contributed by atoms with Gasteiger partial charge in [-0.05, 0) is 37.2 Å². The number of carbonyl (C=O) groups excluding carboxylic acids is 1. The Kier molecular flexibility index (Phi) is 5.18. The third kappa shape index (κ3) is 3.60. The molecule has 1 aromatic carbocycles. The lowest BCUT2D eigenvalue weighted by atomic mass is 9.71. The summed E-state index contributed by atoms with van der Waals surface area (Å²) in [5, 5.41) is 0. The first-order valence-electron chi connectivity index (χ1n) is 7.36. The van der Waals surface area contributed by atoms with Crippen LogP contribution in [-0.2, 0) is 20.9 Å². The van der Waals surface area contributed by atoms with E-state index in [1.165, 1.54) is 7.11 Å². The van der Waals surface area contributed by atoms with Gasteiger partial charge in [0.15, 0.2) is 0 Å². The van der Waals surface area contributed by atoms with Gasteiger partial charge < -0.3 is 9.47 Å². The van der Waals surface area contributed by atoms with E-state index in [9.17, 15) is 4.79 Å². The Labute approximate surface area is 121 Å². The molecule has 20 heavy (non-hydrogen) atoms. The second kappa shape index (κ2) is 6.89. The Bertz CT molecular complexity index is 419. The van der Waals surface area contributed by atoms with Gasteiger partial charge >= 0.3 is 5.97 Å². The zero-order chi connectivity index (χ0) is 14.4. The van der Waals surface area contributed by atoms with Crippen molar-refractivity contribution in [3.05, 3.63) is 35.9 Å². The van der Waals surface area contributed by atoms with Crippen molar-refractivity contribution in [3.63, 3.8) is 0 Å². The van der Waals surface area contributed by atoms with Crippen LogP contribution in [0.3, 0.4) is 0 Å². The van der Waals surface area contributed by atoms with E-state index in [1.807, 2.05) is 30.3 Å². The molecule has 0 heterocycles. The summed E-state index contributed by atoms with van der Waals surface area (Å²) in [6.07, 6.45) is 3.89. The van der Waals surface area contributed by atoms with Crippen molar-refractivity contribution in [2.45, 2.75) is 39.2 Å². The van der Waals surface area contributed by atoms with E-state index in [-0.39, 0.29) is 5.97 Å². The fraction of sp³-hybridized carbons (Fsp3) is 0.588. The molecule has 1 fully saturated rings. The Morgan fingerprint density at radius 3 is 2.50 bits per heavy atom. The maximum atomic E-state index is 12.1. The largest absolute Gasteiger partial charge is 0.469 e. The van der Waals surface area contributed by atoms with Crippen LogP contribution in [0.15, 0.2) is 30.3 Å². The molecule has 1 aliphatic rings. The molecule has 0 unspecified atom stereocenters. The molecule has 0 bridgehead atoms. The van der Waals surface area contributed by atoms with Crippen molar-refractivity contribution in [2.24, 2.45) is 11.3 Å². The van der Waals surface area contributed by atoms with Crippen LogP contribution < -0.4 is 0 Å². The lowest BCUT2D eigenvalue weighted by Crippen LogP contribution is -2.40. The molecule has 0 spiro atoms. The highest BCUT2D eigenvalue weighted by Gasteiger charge is 2.42. The SMILES string of the molecule is COC(=O)C1(COCc2ccccc2)CCC(C)CC1. The van der Waals surface area contributed by atoms with Crippen LogP contribution in [0.1, 0.15) is 38.2 Å². The average molecular weight is 276 g/mol. The maximum Gasteiger partial charge on any atom is 0.314 e. The van der Waals surface area contributed by atoms with Gasteiger partial charge in [0.05, 0.1) is 25.7 Å². The molecule has 0 saturated heterocycles. The van der Waals surface area contributed by atoms with Gasteiger partial charge in [-0.15, -0.1) is 0 Å². The summed E-state index contributed by atoms with van der Waals surface area (Å²) < 4.78 is 10.8. The molecular formula is C17H24O3. The topological polar surface area (TPSA) is 35.5 Å². The van der Waals surface area contributed by atoms with Crippen LogP contribution in [0.25, 0.3) is 0 Å². The van der Waals surface area contributed by atoms with Crippen LogP contribution in [0, 0.1) is 11.3 Å². The van der Waals surface area contributed by atoms with E-state index in [1.54, 1.807) is 0 Å². The van der Waals surface area contributed by atoms with E-state index >= 15 is 0 Å². The van der Waals surface area contributed by atoms with E-state index in [0.29, 0.717) is 19.1 Å². The van der Waals surface area contributed by atoms with Crippen molar-refractivity contribution in [2.75, 3.05) is 13.7 Å². The van der Waals surface area contributed by atoms with Crippen LogP contribution in [0.5, 0.6) is 0 Å². The summed E-state index contributed by atoms with van der Waals surface area (Å²) in [6.45, 7) is 3.25. The smallest absolute Gasteiger partial charge is 0.314 e. The van der Waals surface area contributed by atoms with E-state index in [2.05, 4.69) is 6.92 Å². The zero-order valence-electron chi connectivity index (χ0n) is 12.4. The van der Waals surface area contributed by atoms with E-state index in [4.69, 9.17) is 9.47 Å². The van der Waals surface area contributed by atoms with Gasteiger partial charge in [-0.3, -0.25) is 4.79 Å².